The normalized spacial score (nSPS) is 13.4. The third-order valence-corrected chi connectivity index (χ3v) is 5.26. The Bertz CT molecular complexity index is 793. The lowest BCUT2D eigenvalue weighted by Gasteiger charge is -2.16. The third-order valence-electron chi connectivity index (χ3n) is 4.32. The third kappa shape index (κ3) is 6.23. The van der Waals surface area contributed by atoms with Gasteiger partial charge in [0.1, 0.15) is 11.6 Å². The molecule has 1 aromatic carbocycles. The fourth-order valence-corrected chi connectivity index (χ4v) is 3.52. The van der Waals surface area contributed by atoms with Crippen LogP contribution < -0.4 is 15.5 Å². The number of pyridine rings is 1. The van der Waals surface area contributed by atoms with Gasteiger partial charge >= 0.3 is 0 Å². The molecule has 6 nitrogen and oxygen atoms in total. The van der Waals surface area contributed by atoms with Crippen LogP contribution in [0.15, 0.2) is 42.6 Å². The van der Waals surface area contributed by atoms with Gasteiger partial charge in [-0.15, -0.1) is 11.8 Å². The highest BCUT2D eigenvalue weighted by Gasteiger charge is 2.13. The molecule has 1 aliphatic heterocycles. The second-order valence-electron chi connectivity index (χ2n) is 6.54. The second-order valence-corrected chi connectivity index (χ2v) is 7.53. The van der Waals surface area contributed by atoms with Crippen molar-refractivity contribution < 1.29 is 14.0 Å². The van der Waals surface area contributed by atoms with Crippen LogP contribution in [0.2, 0.25) is 0 Å². The van der Waals surface area contributed by atoms with Gasteiger partial charge in [0.2, 0.25) is 11.8 Å². The number of benzene rings is 1. The van der Waals surface area contributed by atoms with Crippen LogP contribution in [0.5, 0.6) is 0 Å². The molecule has 1 aliphatic rings. The van der Waals surface area contributed by atoms with E-state index >= 15 is 0 Å². The van der Waals surface area contributed by atoms with Crippen molar-refractivity contribution in [3.63, 3.8) is 0 Å². The molecule has 0 aliphatic carbocycles. The first kappa shape index (κ1) is 20.1. The smallest absolute Gasteiger partial charge is 0.234 e. The number of anilines is 2. The Balaban J connectivity index is 1.33. The first-order valence-corrected chi connectivity index (χ1v) is 10.4. The Kier molecular flexibility index (Phi) is 7.25. The molecule has 0 bridgehead atoms. The van der Waals surface area contributed by atoms with Crippen molar-refractivity contribution in [3.8, 4) is 0 Å². The summed E-state index contributed by atoms with van der Waals surface area (Å²) >= 11 is 1.23. The summed E-state index contributed by atoms with van der Waals surface area (Å²) in [4.78, 5) is 30.5. The number of amides is 2. The maximum absolute atomic E-state index is 12.8. The first-order valence-electron chi connectivity index (χ1n) is 9.20. The zero-order valence-electron chi connectivity index (χ0n) is 15.5. The number of hydrogen-bond acceptors (Lipinski definition) is 5. The summed E-state index contributed by atoms with van der Waals surface area (Å²) in [5, 5.41) is 5.49. The Morgan fingerprint density at radius 1 is 1.04 bits per heavy atom. The Morgan fingerprint density at radius 3 is 2.43 bits per heavy atom. The van der Waals surface area contributed by atoms with Gasteiger partial charge in [-0.25, -0.2) is 9.37 Å². The summed E-state index contributed by atoms with van der Waals surface area (Å²) in [5.41, 5.74) is 1.47. The molecule has 28 heavy (non-hydrogen) atoms. The lowest BCUT2D eigenvalue weighted by Crippen LogP contribution is -2.26. The number of thioether (sulfide) groups is 1. The van der Waals surface area contributed by atoms with E-state index < -0.39 is 0 Å². The summed E-state index contributed by atoms with van der Waals surface area (Å²) in [5.74, 6) is 0.599. The van der Waals surface area contributed by atoms with Gasteiger partial charge in [0.05, 0.1) is 11.5 Å². The first-order chi connectivity index (χ1) is 13.6. The molecule has 2 heterocycles. The maximum atomic E-state index is 12.8. The fraction of sp³-hybridized carbons (Fsp3) is 0.350. The monoisotopic (exact) mass is 402 g/mol. The summed E-state index contributed by atoms with van der Waals surface area (Å²) in [6, 6.07) is 9.51. The van der Waals surface area contributed by atoms with Gasteiger partial charge in [-0.2, -0.15) is 0 Å². The van der Waals surface area contributed by atoms with Crippen LogP contribution >= 0.6 is 11.8 Å². The molecule has 2 N–H and O–H groups in total. The van der Waals surface area contributed by atoms with Crippen molar-refractivity contribution >= 4 is 35.1 Å². The van der Waals surface area contributed by atoms with E-state index in [0.29, 0.717) is 12.2 Å². The Morgan fingerprint density at radius 2 is 1.75 bits per heavy atom. The molecule has 0 radical (unpaired) electrons. The SMILES string of the molecule is O=C(CSCC(=O)Nc1ccc(F)cc1)NCc1ccc(N2CCCC2)nc1. The molecule has 1 saturated heterocycles. The molecule has 0 saturated carbocycles. The number of halogens is 1. The zero-order chi connectivity index (χ0) is 19.8. The summed E-state index contributed by atoms with van der Waals surface area (Å²) < 4.78 is 12.8. The van der Waals surface area contributed by atoms with Crippen LogP contribution in [-0.4, -0.2) is 41.4 Å². The molecule has 0 spiro atoms. The van der Waals surface area contributed by atoms with Gasteiger partial charge in [0.15, 0.2) is 0 Å². The van der Waals surface area contributed by atoms with E-state index in [0.717, 1.165) is 24.5 Å². The largest absolute Gasteiger partial charge is 0.357 e. The van der Waals surface area contributed by atoms with Gasteiger partial charge in [-0.3, -0.25) is 9.59 Å². The van der Waals surface area contributed by atoms with Gasteiger partial charge < -0.3 is 15.5 Å². The number of nitrogens with zero attached hydrogens (tertiary/aromatic N) is 2. The Labute approximate surface area is 167 Å². The van der Waals surface area contributed by atoms with E-state index in [1.54, 1.807) is 6.20 Å². The summed E-state index contributed by atoms with van der Waals surface area (Å²) in [6.07, 6.45) is 4.20. The van der Waals surface area contributed by atoms with Crippen LogP contribution in [-0.2, 0) is 16.1 Å². The molecule has 2 aromatic rings. The lowest BCUT2D eigenvalue weighted by atomic mass is 10.2. The molecule has 8 heteroatoms. The molecule has 3 rings (SSSR count). The van der Waals surface area contributed by atoms with E-state index in [-0.39, 0.29) is 29.1 Å². The molecule has 1 aromatic heterocycles. The molecule has 2 amide bonds. The van der Waals surface area contributed by atoms with Crippen LogP contribution in [0.1, 0.15) is 18.4 Å². The number of aromatic nitrogens is 1. The van der Waals surface area contributed by atoms with Crippen molar-refractivity contribution in [3.05, 3.63) is 54.0 Å². The fourth-order valence-electron chi connectivity index (χ4n) is 2.87. The van der Waals surface area contributed by atoms with Gasteiger partial charge in [0, 0.05) is 31.5 Å². The molecular formula is C20H23FN4O2S. The van der Waals surface area contributed by atoms with Crippen LogP contribution in [0.4, 0.5) is 15.9 Å². The highest BCUT2D eigenvalue weighted by Crippen LogP contribution is 2.17. The molecular weight excluding hydrogens is 379 g/mol. The van der Waals surface area contributed by atoms with Crippen molar-refractivity contribution in [2.24, 2.45) is 0 Å². The average Bonchev–Trinajstić information content (AvgIpc) is 3.23. The van der Waals surface area contributed by atoms with E-state index in [9.17, 15) is 14.0 Å². The standard InChI is InChI=1S/C20H23FN4O2S/c21-16-4-6-17(7-5-16)24-20(27)14-28-13-19(26)23-12-15-3-8-18(22-11-15)25-9-1-2-10-25/h3-8,11H,1-2,9-10,12-14H2,(H,23,26)(H,24,27). The molecule has 0 atom stereocenters. The zero-order valence-corrected chi connectivity index (χ0v) is 16.3. The molecule has 0 unspecified atom stereocenters. The van der Waals surface area contributed by atoms with Crippen molar-refractivity contribution in [2.75, 3.05) is 34.8 Å². The van der Waals surface area contributed by atoms with E-state index in [1.165, 1.54) is 48.9 Å². The average molecular weight is 402 g/mol. The topological polar surface area (TPSA) is 74.3 Å². The molecule has 148 valence electrons. The van der Waals surface area contributed by atoms with E-state index in [4.69, 9.17) is 0 Å². The summed E-state index contributed by atoms with van der Waals surface area (Å²) in [6.45, 7) is 2.51. The van der Waals surface area contributed by atoms with Crippen LogP contribution in [0, 0.1) is 5.82 Å². The quantitative estimate of drug-likeness (QED) is 0.710. The Hall–Kier alpha value is -2.61. The number of carbonyl (C=O) groups excluding carboxylic acids is 2. The minimum absolute atomic E-state index is 0.136. The minimum atomic E-state index is -0.357. The maximum Gasteiger partial charge on any atom is 0.234 e. The number of nitrogens with one attached hydrogen (secondary N) is 2. The number of rotatable bonds is 8. The van der Waals surface area contributed by atoms with Gasteiger partial charge in [-0.05, 0) is 48.7 Å². The summed E-state index contributed by atoms with van der Waals surface area (Å²) in [7, 11) is 0. The highest BCUT2D eigenvalue weighted by molar-refractivity contribution is 8.00. The van der Waals surface area contributed by atoms with Crippen molar-refractivity contribution in [1.29, 1.82) is 0 Å². The number of carbonyl (C=O) groups is 2. The molecule has 1 fully saturated rings. The van der Waals surface area contributed by atoms with E-state index in [2.05, 4.69) is 20.5 Å². The predicted octanol–water partition coefficient (Wildman–Crippen LogP) is 2.81. The van der Waals surface area contributed by atoms with Crippen molar-refractivity contribution in [2.45, 2.75) is 19.4 Å². The van der Waals surface area contributed by atoms with E-state index in [1.807, 2.05) is 12.1 Å². The highest BCUT2D eigenvalue weighted by atomic mass is 32.2. The van der Waals surface area contributed by atoms with Crippen molar-refractivity contribution in [1.82, 2.24) is 10.3 Å². The predicted molar refractivity (Wildman–Crippen MR) is 110 cm³/mol. The van der Waals surface area contributed by atoms with Crippen LogP contribution in [0.3, 0.4) is 0 Å². The number of hydrogen-bond donors (Lipinski definition) is 2. The van der Waals surface area contributed by atoms with Crippen LogP contribution in [0.25, 0.3) is 0 Å². The minimum Gasteiger partial charge on any atom is -0.357 e. The second kappa shape index (κ2) is 10.1. The van der Waals surface area contributed by atoms with Gasteiger partial charge in [0.25, 0.3) is 0 Å². The van der Waals surface area contributed by atoms with Gasteiger partial charge in [-0.1, -0.05) is 6.07 Å². The lowest BCUT2D eigenvalue weighted by molar-refractivity contribution is -0.118.